The normalized spacial score (nSPS) is 13.9. The summed E-state index contributed by atoms with van der Waals surface area (Å²) in [6, 6.07) is 35.4. The molecular formula is C54H70N2O8. The maximum absolute atomic E-state index is 13.3. The number of amides is 2. The first kappa shape index (κ1) is 52.8. The van der Waals surface area contributed by atoms with Crippen molar-refractivity contribution in [3.63, 3.8) is 0 Å². The highest BCUT2D eigenvalue weighted by Gasteiger charge is 2.33. The molecule has 0 saturated heterocycles. The van der Waals surface area contributed by atoms with E-state index in [1.165, 1.54) is 0 Å². The van der Waals surface area contributed by atoms with Gasteiger partial charge in [-0.05, 0) is 85.8 Å². The van der Waals surface area contributed by atoms with Gasteiger partial charge in [0.05, 0.1) is 12.1 Å². The Labute approximate surface area is 380 Å². The number of carbonyl (C=O) groups is 6. The van der Waals surface area contributed by atoms with Crippen LogP contribution in [0.25, 0.3) is 0 Å². The molecule has 4 rings (SSSR count). The molecule has 0 aliphatic carbocycles. The highest BCUT2D eigenvalue weighted by atomic mass is 16.3. The Morgan fingerprint density at radius 2 is 0.750 bits per heavy atom. The number of rotatable bonds is 26. The van der Waals surface area contributed by atoms with E-state index in [4.69, 9.17) is 0 Å². The van der Waals surface area contributed by atoms with Crippen molar-refractivity contribution in [1.29, 1.82) is 0 Å². The van der Waals surface area contributed by atoms with Crippen molar-refractivity contribution < 1.29 is 39.0 Å². The lowest BCUT2D eigenvalue weighted by molar-refractivity contribution is -0.133. The molecule has 4 aromatic rings. The molecule has 0 spiro atoms. The second-order valence-electron chi connectivity index (χ2n) is 17.6. The minimum Gasteiger partial charge on any atom is -0.385 e. The van der Waals surface area contributed by atoms with Crippen molar-refractivity contribution in [2.45, 2.75) is 130 Å². The number of benzene rings is 4. The number of hydrogen-bond donors (Lipinski definition) is 4. The molecule has 0 bridgehead atoms. The van der Waals surface area contributed by atoms with Crippen LogP contribution in [0.4, 0.5) is 0 Å². The van der Waals surface area contributed by atoms with Gasteiger partial charge in [-0.2, -0.15) is 0 Å². The van der Waals surface area contributed by atoms with Gasteiger partial charge in [0, 0.05) is 48.6 Å². The molecule has 344 valence electrons. The van der Waals surface area contributed by atoms with Crippen molar-refractivity contribution >= 4 is 34.9 Å². The summed E-state index contributed by atoms with van der Waals surface area (Å²) in [6.07, 6.45) is 1.32. The highest BCUT2D eigenvalue weighted by Crippen LogP contribution is 2.23. The number of hydrogen-bond acceptors (Lipinski definition) is 8. The van der Waals surface area contributed by atoms with E-state index >= 15 is 0 Å². The molecule has 0 aliphatic heterocycles. The van der Waals surface area contributed by atoms with Gasteiger partial charge in [-0.3, -0.25) is 28.8 Å². The number of ketones is 4. The van der Waals surface area contributed by atoms with E-state index in [2.05, 4.69) is 10.6 Å². The molecule has 64 heavy (non-hydrogen) atoms. The Balaban J connectivity index is 0.000000340. The van der Waals surface area contributed by atoms with Crippen LogP contribution < -0.4 is 10.6 Å². The third-order valence-corrected chi connectivity index (χ3v) is 11.0. The second kappa shape index (κ2) is 28.3. The first-order valence-electron chi connectivity index (χ1n) is 22.9. The fourth-order valence-corrected chi connectivity index (χ4v) is 7.69. The van der Waals surface area contributed by atoms with E-state index in [0.29, 0.717) is 49.7 Å². The molecule has 10 nitrogen and oxygen atoms in total. The third kappa shape index (κ3) is 18.6. The van der Waals surface area contributed by atoms with Gasteiger partial charge in [-0.1, -0.05) is 139 Å². The van der Waals surface area contributed by atoms with Crippen molar-refractivity contribution in [1.82, 2.24) is 10.6 Å². The molecule has 4 aromatic carbocycles. The zero-order valence-electron chi connectivity index (χ0n) is 38.6. The summed E-state index contributed by atoms with van der Waals surface area (Å²) in [6.45, 7) is 11.8. The van der Waals surface area contributed by atoms with Gasteiger partial charge in [0.25, 0.3) is 11.8 Å². The minimum absolute atomic E-state index is 0.0258. The van der Waals surface area contributed by atoms with Crippen LogP contribution in [0.1, 0.15) is 125 Å². The molecule has 4 N–H and O–H groups in total. The zero-order valence-corrected chi connectivity index (χ0v) is 38.6. The average Bonchev–Trinajstić information content (AvgIpc) is 3.28. The largest absolute Gasteiger partial charge is 0.385 e. The third-order valence-electron chi connectivity index (χ3n) is 11.0. The predicted octanol–water partition coefficient (Wildman–Crippen LogP) is 8.76. The summed E-state index contributed by atoms with van der Waals surface area (Å²) in [4.78, 5) is 76.8. The lowest BCUT2D eigenvalue weighted by Crippen LogP contribution is -2.44. The van der Waals surface area contributed by atoms with Crippen LogP contribution in [-0.4, -0.2) is 69.5 Å². The quantitative estimate of drug-likeness (QED) is 0.0486. The van der Waals surface area contributed by atoms with Gasteiger partial charge in [-0.25, -0.2) is 0 Å². The van der Waals surface area contributed by atoms with Gasteiger partial charge in [0.2, 0.25) is 0 Å². The fourth-order valence-electron chi connectivity index (χ4n) is 7.69. The first-order valence-corrected chi connectivity index (χ1v) is 22.9. The molecule has 0 fully saturated rings. The molecule has 0 aromatic heterocycles. The van der Waals surface area contributed by atoms with Gasteiger partial charge < -0.3 is 20.8 Å². The Morgan fingerprint density at radius 1 is 0.453 bits per heavy atom. The number of Topliss-reactive ketones (excluding diaryl/α,β-unsaturated/α-hetero) is 4. The molecule has 0 saturated carbocycles. The predicted molar refractivity (Wildman–Crippen MR) is 253 cm³/mol. The molecule has 0 radical (unpaired) electrons. The van der Waals surface area contributed by atoms with Gasteiger partial charge in [0.1, 0.15) is 12.2 Å². The van der Waals surface area contributed by atoms with E-state index in [1.54, 1.807) is 48.5 Å². The van der Waals surface area contributed by atoms with Crippen molar-refractivity contribution in [2.24, 2.45) is 23.7 Å². The minimum atomic E-state index is -1.20. The SMILES string of the molecule is CCCC(=O)C(O)C(CC(=O)[C@H](CC(C)C)NC(=O)c1ccccc1)Cc1ccccc1.CCCC(=O)C(O)C(CC(=O)[C@H](CC(C)C)NC(=O)c1ccccc1)Cc1ccccc1. The Bertz CT molecular complexity index is 1870. The first-order chi connectivity index (χ1) is 30.6. The summed E-state index contributed by atoms with van der Waals surface area (Å²) in [5.41, 5.74) is 2.91. The standard InChI is InChI=1S/2C27H35NO4/c2*1-4-11-24(29)26(31)22(17-20-12-7-5-8-13-20)18-25(30)23(16-19(2)3)28-27(32)21-14-9-6-10-15-21/h2*5-10,12-15,19,22-23,26,31H,4,11,16-18H2,1-3H3,(H,28,32)/t2*22?,23-,26?/m00/s1. The Kier molecular flexibility index (Phi) is 23.3. The van der Waals surface area contributed by atoms with Crippen LogP contribution in [0, 0.1) is 23.7 Å². The van der Waals surface area contributed by atoms with Crippen molar-refractivity contribution in [3.8, 4) is 0 Å². The lowest BCUT2D eigenvalue weighted by Gasteiger charge is -2.25. The average molecular weight is 875 g/mol. The summed E-state index contributed by atoms with van der Waals surface area (Å²) in [5.74, 6) is -2.08. The maximum atomic E-state index is 13.3. The van der Waals surface area contributed by atoms with Gasteiger partial charge in [-0.15, -0.1) is 0 Å². The van der Waals surface area contributed by atoms with Crippen LogP contribution in [-0.2, 0) is 32.0 Å². The molecule has 0 aliphatic rings. The summed E-state index contributed by atoms with van der Waals surface area (Å²) in [7, 11) is 0. The fraction of sp³-hybridized carbons (Fsp3) is 0.444. The van der Waals surface area contributed by atoms with Crippen LogP contribution in [0.5, 0.6) is 0 Å². The van der Waals surface area contributed by atoms with Crippen LogP contribution in [0.2, 0.25) is 0 Å². The van der Waals surface area contributed by atoms with Crippen molar-refractivity contribution in [2.75, 3.05) is 0 Å². The van der Waals surface area contributed by atoms with E-state index in [0.717, 1.165) is 11.1 Å². The molecule has 6 atom stereocenters. The summed E-state index contributed by atoms with van der Waals surface area (Å²) >= 11 is 0. The Morgan fingerprint density at radius 3 is 1.03 bits per heavy atom. The molecular weight excluding hydrogens is 805 g/mol. The Hall–Kier alpha value is -5.58. The summed E-state index contributed by atoms with van der Waals surface area (Å²) in [5, 5.41) is 27.3. The van der Waals surface area contributed by atoms with E-state index in [9.17, 15) is 39.0 Å². The number of aliphatic hydroxyl groups excluding tert-OH is 2. The van der Waals surface area contributed by atoms with E-state index in [-0.39, 0.29) is 72.5 Å². The second-order valence-corrected chi connectivity index (χ2v) is 17.6. The lowest BCUT2D eigenvalue weighted by atomic mass is 9.84. The maximum Gasteiger partial charge on any atom is 0.251 e. The zero-order chi connectivity index (χ0) is 47.0. The smallest absolute Gasteiger partial charge is 0.251 e. The van der Waals surface area contributed by atoms with Crippen LogP contribution in [0.15, 0.2) is 121 Å². The van der Waals surface area contributed by atoms with Gasteiger partial charge >= 0.3 is 0 Å². The van der Waals surface area contributed by atoms with E-state index < -0.39 is 36.1 Å². The number of carbonyl (C=O) groups excluding carboxylic acids is 6. The molecule has 10 heteroatoms. The topological polar surface area (TPSA) is 167 Å². The molecule has 2 amide bonds. The van der Waals surface area contributed by atoms with Crippen LogP contribution in [0.3, 0.4) is 0 Å². The monoisotopic (exact) mass is 875 g/mol. The van der Waals surface area contributed by atoms with Gasteiger partial charge in [0.15, 0.2) is 23.1 Å². The number of nitrogens with one attached hydrogen (secondary N) is 2. The van der Waals surface area contributed by atoms with Crippen LogP contribution >= 0.6 is 0 Å². The summed E-state index contributed by atoms with van der Waals surface area (Å²) < 4.78 is 0. The van der Waals surface area contributed by atoms with E-state index in [1.807, 2.05) is 114 Å². The van der Waals surface area contributed by atoms with Crippen molar-refractivity contribution in [3.05, 3.63) is 144 Å². The molecule has 4 unspecified atom stereocenters. The highest BCUT2D eigenvalue weighted by molar-refractivity contribution is 5.99. The molecule has 0 heterocycles. The number of aliphatic hydroxyl groups is 2.